The van der Waals surface area contributed by atoms with Gasteiger partial charge in [-0.2, -0.15) is 4.98 Å². The van der Waals surface area contributed by atoms with Crippen molar-refractivity contribution in [3.05, 3.63) is 30.0 Å². The largest absolute Gasteiger partial charge is 0.337 e. The molecule has 1 fully saturated rings. The van der Waals surface area contributed by atoms with Gasteiger partial charge in [0.15, 0.2) is 0 Å². The van der Waals surface area contributed by atoms with Crippen molar-refractivity contribution in [3.63, 3.8) is 0 Å². The summed E-state index contributed by atoms with van der Waals surface area (Å²) in [5.74, 6) is 1.06. The summed E-state index contributed by atoms with van der Waals surface area (Å²) in [4.78, 5) is 8.30. The summed E-state index contributed by atoms with van der Waals surface area (Å²) in [6.07, 6.45) is 3.45. The molecule has 1 N–H and O–H groups in total. The Kier molecular flexibility index (Phi) is 3.25. The van der Waals surface area contributed by atoms with Crippen LogP contribution in [-0.2, 0) is 0 Å². The standard InChI is InChI=1S/C13H15FN4O/c1-8-3-2-6-15-11(8)13-17-12(18-19-13)10-5-4-9(14)7-16-10/h4-5,7-8,11,15H,2-3,6H2,1H3. The first-order valence-corrected chi connectivity index (χ1v) is 6.43. The molecule has 0 aliphatic carbocycles. The lowest BCUT2D eigenvalue weighted by molar-refractivity contribution is 0.239. The number of rotatable bonds is 2. The lowest BCUT2D eigenvalue weighted by Crippen LogP contribution is -2.33. The van der Waals surface area contributed by atoms with Gasteiger partial charge in [-0.15, -0.1) is 0 Å². The first-order chi connectivity index (χ1) is 9.24. The van der Waals surface area contributed by atoms with E-state index < -0.39 is 0 Å². The average Bonchev–Trinajstić information content (AvgIpc) is 2.89. The number of aromatic nitrogens is 3. The van der Waals surface area contributed by atoms with Gasteiger partial charge >= 0.3 is 0 Å². The van der Waals surface area contributed by atoms with Crippen molar-refractivity contribution < 1.29 is 8.91 Å². The molecule has 1 saturated heterocycles. The maximum Gasteiger partial charge on any atom is 0.244 e. The molecule has 0 saturated carbocycles. The lowest BCUT2D eigenvalue weighted by Gasteiger charge is -2.26. The number of hydrogen-bond donors (Lipinski definition) is 1. The molecule has 2 unspecified atom stereocenters. The number of pyridine rings is 1. The van der Waals surface area contributed by atoms with Crippen molar-refractivity contribution in [2.24, 2.45) is 5.92 Å². The Hall–Kier alpha value is -1.82. The average molecular weight is 262 g/mol. The third-order valence-electron chi connectivity index (χ3n) is 3.43. The van der Waals surface area contributed by atoms with E-state index >= 15 is 0 Å². The van der Waals surface area contributed by atoms with Gasteiger partial charge in [-0.05, 0) is 37.4 Å². The number of nitrogens with zero attached hydrogens (tertiary/aromatic N) is 3. The maximum atomic E-state index is 12.8. The molecule has 0 aromatic carbocycles. The van der Waals surface area contributed by atoms with Gasteiger partial charge in [0.05, 0.1) is 12.2 Å². The van der Waals surface area contributed by atoms with E-state index in [2.05, 4.69) is 27.4 Å². The summed E-state index contributed by atoms with van der Waals surface area (Å²) in [6, 6.07) is 2.97. The molecule has 19 heavy (non-hydrogen) atoms. The van der Waals surface area contributed by atoms with E-state index in [1.807, 2.05) is 0 Å². The van der Waals surface area contributed by atoms with Gasteiger partial charge in [0.1, 0.15) is 11.5 Å². The molecular formula is C13H15FN4O. The van der Waals surface area contributed by atoms with E-state index in [1.165, 1.54) is 6.07 Å². The number of piperidine rings is 1. The van der Waals surface area contributed by atoms with Crippen molar-refractivity contribution in [1.82, 2.24) is 20.4 Å². The Morgan fingerprint density at radius 3 is 3.05 bits per heavy atom. The maximum absolute atomic E-state index is 12.8. The molecule has 100 valence electrons. The quantitative estimate of drug-likeness (QED) is 0.899. The molecule has 0 amide bonds. The number of nitrogens with one attached hydrogen (secondary N) is 1. The van der Waals surface area contributed by atoms with Crippen LogP contribution in [0.25, 0.3) is 11.5 Å². The summed E-state index contributed by atoms with van der Waals surface area (Å²) in [5, 5.41) is 7.30. The van der Waals surface area contributed by atoms with E-state index in [0.29, 0.717) is 23.3 Å². The van der Waals surface area contributed by atoms with Gasteiger partial charge in [-0.3, -0.25) is 0 Å². The summed E-state index contributed by atoms with van der Waals surface area (Å²) >= 11 is 0. The van der Waals surface area contributed by atoms with Gasteiger partial charge in [0.2, 0.25) is 11.7 Å². The fraction of sp³-hybridized carbons (Fsp3) is 0.462. The number of hydrogen-bond acceptors (Lipinski definition) is 5. The van der Waals surface area contributed by atoms with Crippen molar-refractivity contribution >= 4 is 0 Å². The van der Waals surface area contributed by atoms with Crippen LogP contribution in [0, 0.1) is 11.7 Å². The van der Waals surface area contributed by atoms with Crippen LogP contribution in [0.2, 0.25) is 0 Å². The fourth-order valence-electron chi connectivity index (χ4n) is 2.35. The highest BCUT2D eigenvalue weighted by atomic mass is 19.1. The lowest BCUT2D eigenvalue weighted by atomic mass is 9.93. The molecule has 3 heterocycles. The molecule has 0 spiro atoms. The highest BCUT2D eigenvalue weighted by Gasteiger charge is 2.27. The second kappa shape index (κ2) is 5.05. The second-order valence-corrected chi connectivity index (χ2v) is 4.87. The first-order valence-electron chi connectivity index (χ1n) is 6.43. The topological polar surface area (TPSA) is 63.8 Å². The molecule has 1 aliphatic rings. The van der Waals surface area contributed by atoms with E-state index in [1.54, 1.807) is 6.07 Å². The zero-order valence-electron chi connectivity index (χ0n) is 10.6. The van der Waals surface area contributed by atoms with Crippen molar-refractivity contribution in [3.8, 4) is 11.5 Å². The Morgan fingerprint density at radius 1 is 1.42 bits per heavy atom. The summed E-state index contributed by atoms with van der Waals surface area (Å²) < 4.78 is 18.1. The third kappa shape index (κ3) is 2.49. The van der Waals surface area contributed by atoms with Crippen molar-refractivity contribution in [2.45, 2.75) is 25.8 Å². The van der Waals surface area contributed by atoms with E-state index in [4.69, 9.17) is 4.52 Å². The van der Waals surface area contributed by atoms with Gasteiger partial charge in [0.25, 0.3) is 0 Å². The molecule has 2 aromatic heterocycles. The Morgan fingerprint density at radius 2 is 2.32 bits per heavy atom. The molecule has 2 aromatic rings. The minimum Gasteiger partial charge on any atom is -0.337 e. The van der Waals surface area contributed by atoms with Gasteiger partial charge in [-0.1, -0.05) is 12.1 Å². The first kappa shape index (κ1) is 12.2. The van der Waals surface area contributed by atoms with E-state index in [-0.39, 0.29) is 11.9 Å². The minimum atomic E-state index is -0.380. The van der Waals surface area contributed by atoms with Crippen molar-refractivity contribution in [2.75, 3.05) is 6.54 Å². The normalized spacial score (nSPS) is 23.5. The molecule has 1 aliphatic heterocycles. The van der Waals surface area contributed by atoms with Crippen LogP contribution in [0.5, 0.6) is 0 Å². The highest BCUT2D eigenvalue weighted by molar-refractivity contribution is 5.47. The molecule has 2 atom stereocenters. The zero-order valence-corrected chi connectivity index (χ0v) is 10.6. The van der Waals surface area contributed by atoms with Crippen LogP contribution in [-0.4, -0.2) is 21.7 Å². The van der Waals surface area contributed by atoms with Crippen LogP contribution in [0.4, 0.5) is 4.39 Å². The monoisotopic (exact) mass is 262 g/mol. The summed E-state index contributed by atoms with van der Waals surface area (Å²) in [5.41, 5.74) is 0.514. The second-order valence-electron chi connectivity index (χ2n) is 4.87. The van der Waals surface area contributed by atoms with Crippen molar-refractivity contribution in [1.29, 1.82) is 0 Å². The molecule has 0 bridgehead atoms. The summed E-state index contributed by atoms with van der Waals surface area (Å²) in [7, 11) is 0. The van der Waals surface area contributed by atoms with Crippen LogP contribution in [0.15, 0.2) is 22.9 Å². The van der Waals surface area contributed by atoms with Crippen LogP contribution in [0.3, 0.4) is 0 Å². The smallest absolute Gasteiger partial charge is 0.244 e. The zero-order chi connectivity index (χ0) is 13.2. The minimum absolute atomic E-state index is 0.0930. The Labute approximate surface area is 110 Å². The molecule has 5 nitrogen and oxygen atoms in total. The van der Waals surface area contributed by atoms with E-state index in [9.17, 15) is 4.39 Å². The van der Waals surface area contributed by atoms with Gasteiger partial charge < -0.3 is 9.84 Å². The Balaban J connectivity index is 1.84. The van der Waals surface area contributed by atoms with Crippen LogP contribution >= 0.6 is 0 Å². The van der Waals surface area contributed by atoms with Crippen LogP contribution in [0.1, 0.15) is 31.7 Å². The molecule has 0 radical (unpaired) electrons. The predicted molar refractivity (Wildman–Crippen MR) is 66.6 cm³/mol. The fourth-order valence-corrected chi connectivity index (χ4v) is 2.35. The highest BCUT2D eigenvalue weighted by Crippen LogP contribution is 2.28. The van der Waals surface area contributed by atoms with Gasteiger partial charge in [-0.25, -0.2) is 9.37 Å². The Bertz CT molecular complexity index is 554. The van der Waals surface area contributed by atoms with E-state index in [0.717, 1.165) is 25.6 Å². The molecule has 3 rings (SSSR count). The SMILES string of the molecule is CC1CCCNC1c1nc(-c2ccc(F)cn2)no1. The third-order valence-corrected chi connectivity index (χ3v) is 3.43. The molecular weight excluding hydrogens is 247 g/mol. The predicted octanol–water partition coefficient (Wildman–Crippen LogP) is 2.33. The summed E-state index contributed by atoms with van der Waals surface area (Å²) in [6.45, 7) is 3.12. The van der Waals surface area contributed by atoms with Gasteiger partial charge in [0, 0.05) is 0 Å². The number of halogens is 1. The molecule has 6 heteroatoms. The van der Waals surface area contributed by atoms with Crippen LogP contribution < -0.4 is 5.32 Å².